The van der Waals surface area contributed by atoms with Gasteiger partial charge in [-0.25, -0.2) is 0 Å². The number of aromatic nitrogens is 1. The Kier molecular flexibility index (Phi) is 3.64. The van der Waals surface area contributed by atoms with Gasteiger partial charge in [0.15, 0.2) is 0 Å². The van der Waals surface area contributed by atoms with Crippen LogP contribution in [0.3, 0.4) is 0 Å². The van der Waals surface area contributed by atoms with Gasteiger partial charge in [-0.1, -0.05) is 32.0 Å². The molecule has 0 bridgehead atoms. The molecular formula is C18H24N2. The van der Waals surface area contributed by atoms with E-state index in [-0.39, 0.29) is 0 Å². The van der Waals surface area contributed by atoms with E-state index in [9.17, 15) is 0 Å². The monoisotopic (exact) mass is 268 g/mol. The first-order chi connectivity index (χ1) is 9.72. The number of pyridine rings is 1. The molecule has 2 aromatic rings. The number of benzene rings is 1. The Morgan fingerprint density at radius 2 is 2.00 bits per heavy atom. The van der Waals surface area contributed by atoms with Gasteiger partial charge in [0.2, 0.25) is 0 Å². The maximum absolute atomic E-state index is 5.04. The van der Waals surface area contributed by atoms with Crippen LogP contribution in [0.1, 0.15) is 56.4 Å². The number of anilines is 1. The van der Waals surface area contributed by atoms with Crippen LogP contribution in [0, 0.1) is 0 Å². The van der Waals surface area contributed by atoms with Crippen molar-refractivity contribution in [3.05, 3.63) is 35.0 Å². The summed E-state index contributed by atoms with van der Waals surface area (Å²) in [5.74, 6) is 0.516. The van der Waals surface area contributed by atoms with Crippen molar-refractivity contribution in [2.45, 2.75) is 52.4 Å². The molecule has 2 nitrogen and oxygen atoms in total. The van der Waals surface area contributed by atoms with Crippen molar-refractivity contribution in [1.29, 1.82) is 0 Å². The summed E-state index contributed by atoms with van der Waals surface area (Å²) >= 11 is 0. The van der Waals surface area contributed by atoms with E-state index in [2.05, 4.69) is 44.3 Å². The number of nitrogens with one attached hydrogen (secondary N) is 1. The minimum Gasteiger partial charge on any atom is -0.384 e. The lowest BCUT2D eigenvalue weighted by Crippen LogP contribution is -2.12. The second-order valence-corrected chi connectivity index (χ2v) is 6.05. The summed E-state index contributed by atoms with van der Waals surface area (Å²) in [6, 6.07) is 6.63. The lowest BCUT2D eigenvalue weighted by molar-refractivity contribution is 0.671. The van der Waals surface area contributed by atoms with Crippen LogP contribution < -0.4 is 5.32 Å². The van der Waals surface area contributed by atoms with Gasteiger partial charge in [0.1, 0.15) is 0 Å². The average Bonchev–Trinajstić information content (AvgIpc) is 2.46. The second kappa shape index (κ2) is 5.43. The van der Waals surface area contributed by atoms with Crippen LogP contribution in [0.2, 0.25) is 0 Å². The number of hydrogen-bond acceptors (Lipinski definition) is 2. The van der Waals surface area contributed by atoms with E-state index < -0.39 is 0 Å². The van der Waals surface area contributed by atoms with Crippen LogP contribution in [0.25, 0.3) is 10.9 Å². The summed E-state index contributed by atoms with van der Waals surface area (Å²) in [6.07, 6.45) is 4.88. The van der Waals surface area contributed by atoms with E-state index in [4.69, 9.17) is 4.98 Å². The van der Waals surface area contributed by atoms with E-state index in [0.29, 0.717) is 5.92 Å². The number of hydrogen-bond donors (Lipinski definition) is 1. The predicted molar refractivity (Wildman–Crippen MR) is 86.6 cm³/mol. The largest absolute Gasteiger partial charge is 0.384 e. The third kappa shape index (κ3) is 2.17. The highest BCUT2D eigenvalue weighted by Crippen LogP contribution is 2.35. The minimum atomic E-state index is 0.516. The first-order valence-electron chi connectivity index (χ1n) is 7.90. The van der Waals surface area contributed by atoms with Gasteiger partial charge in [-0.05, 0) is 49.7 Å². The molecule has 1 aliphatic carbocycles. The highest BCUT2D eigenvalue weighted by Gasteiger charge is 2.19. The molecule has 1 aliphatic rings. The molecule has 1 aromatic heterocycles. The van der Waals surface area contributed by atoms with Crippen molar-refractivity contribution < 1.29 is 0 Å². The lowest BCUT2D eigenvalue weighted by atomic mass is 9.90. The third-order valence-corrected chi connectivity index (χ3v) is 4.30. The van der Waals surface area contributed by atoms with Crippen molar-refractivity contribution in [3.63, 3.8) is 0 Å². The van der Waals surface area contributed by atoms with Gasteiger partial charge in [-0.2, -0.15) is 0 Å². The molecule has 0 atom stereocenters. The summed E-state index contributed by atoms with van der Waals surface area (Å²) in [5, 5.41) is 4.91. The Hall–Kier alpha value is -1.57. The fourth-order valence-corrected chi connectivity index (χ4v) is 3.31. The van der Waals surface area contributed by atoms with Crippen LogP contribution in [0.15, 0.2) is 18.2 Å². The Balaban J connectivity index is 2.32. The topological polar surface area (TPSA) is 24.9 Å². The quantitative estimate of drug-likeness (QED) is 0.875. The van der Waals surface area contributed by atoms with Crippen molar-refractivity contribution >= 4 is 16.6 Å². The summed E-state index contributed by atoms with van der Waals surface area (Å²) < 4.78 is 0. The van der Waals surface area contributed by atoms with Crippen molar-refractivity contribution in [2.24, 2.45) is 0 Å². The van der Waals surface area contributed by atoms with Gasteiger partial charge in [0.05, 0.1) is 5.52 Å². The first-order valence-corrected chi connectivity index (χ1v) is 7.90. The van der Waals surface area contributed by atoms with Crippen LogP contribution in [0.4, 0.5) is 5.69 Å². The molecule has 3 rings (SSSR count). The van der Waals surface area contributed by atoms with E-state index in [0.717, 1.165) is 13.0 Å². The Morgan fingerprint density at radius 3 is 2.75 bits per heavy atom. The predicted octanol–water partition coefficient (Wildman–Crippen LogP) is 4.67. The molecule has 1 N–H and O–H groups in total. The molecule has 1 heterocycles. The first kappa shape index (κ1) is 13.4. The minimum absolute atomic E-state index is 0.516. The molecule has 0 aliphatic heterocycles. The van der Waals surface area contributed by atoms with Crippen LogP contribution in [-0.2, 0) is 12.8 Å². The molecule has 0 fully saturated rings. The third-order valence-electron chi connectivity index (χ3n) is 4.30. The number of aryl methyl sites for hydroxylation is 1. The average molecular weight is 268 g/mol. The Bertz CT molecular complexity index is 629. The molecule has 0 saturated carbocycles. The lowest BCUT2D eigenvalue weighted by Gasteiger charge is -2.22. The molecule has 0 spiro atoms. The van der Waals surface area contributed by atoms with Gasteiger partial charge in [0, 0.05) is 23.3 Å². The normalized spacial score (nSPS) is 14.6. The highest BCUT2D eigenvalue weighted by molar-refractivity contribution is 5.95. The number of rotatable bonds is 3. The zero-order chi connectivity index (χ0) is 14.1. The Labute approximate surface area is 121 Å². The van der Waals surface area contributed by atoms with Crippen LogP contribution in [-0.4, -0.2) is 11.5 Å². The molecule has 0 radical (unpaired) electrons. The fourth-order valence-electron chi connectivity index (χ4n) is 3.31. The van der Waals surface area contributed by atoms with Gasteiger partial charge >= 0.3 is 0 Å². The van der Waals surface area contributed by atoms with E-state index in [1.165, 1.54) is 52.7 Å². The maximum Gasteiger partial charge on any atom is 0.0760 e. The maximum atomic E-state index is 5.04. The molecule has 0 amide bonds. The fraction of sp³-hybridized carbons (Fsp3) is 0.500. The second-order valence-electron chi connectivity index (χ2n) is 6.05. The highest BCUT2D eigenvalue weighted by atomic mass is 14.9. The van der Waals surface area contributed by atoms with Crippen molar-refractivity contribution in [1.82, 2.24) is 4.98 Å². The zero-order valence-corrected chi connectivity index (χ0v) is 12.8. The molecule has 106 valence electrons. The van der Waals surface area contributed by atoms with Gasteiger partial charge in [-0.3, -0.25) is 4.98 Å². The molecule has 20 heavy (non-hydrogen) atoms. The molecular weight excluding hydrogens is 244 g/mol. The van der Waals surface area contributed by atoms with E-state index in [1.54, 1.807) is 0 Å². The number of para-hydroxylation sites is 1. The van der Waals surface area contributed by atoms with Gasteiger partial charge in [-0.15, -0.1) is 0 Å². The van der Waals surface area contributed by atoms with E-state index >= 15 is 0 Å². The summed E-state index contributed by atoms with van der Waals surface area (Å²) in [6.45, 7) is 7.65. The van der Waals surface area contributed by atoms with Gasteiger partial charge < -0.3 is 5.32 Å². The summed E-state index contributed by atoms with van der Waals surface area (Å²) in [5.41, 5.74) is 6.71. The van der Waals surface area contributed by atoms with Crippen molar-refractivity contribution in [2.75, 3.05) is 11.9 Å². The number of nitrogens with zero attached hydrogens (tertiary/aromatic N) is 1. The molecule has 0 unspecified atom stereocenters. The zero-order valence-electron chi connectivity index (χ0n) is 12.8. The van der Waals surface area contributed by atoms with Crippen molar-refractivity contribution in [3.8, 4) is 0 Å². The SMILES string of the molecule is CCNc1c2c(nc3c(C(C)C)cccc13)CCCC2. The standard InChI is InChI=1S/C18H24N2/c1-4-19-17-14-8-5-6-11-16(14)20-18-13(12(2)3)9-7-10-15(17)18/h7,9-10,12H,4-6,8,11H2,1-3H3,(H,19,20). The summed E-state index contributed by atoms with van der Waals surface area (Å²) in [4.78, 5) is 5.04. The molecule has 0 saturated heterocycles. The van der Waals surface area contributed by atoms with Crippen LogP contribution in [0.5, 0.6) is 0 Å². The van der Waals surface area contributed by atoms with E-state index in [1.807, 2.05) is 0 Å². The Morgan fingerprint density at radius 1 is 1.20 bits per heavy atom. The van der Waals surface area contributed by atoms with Gasteiger partial charge in [0.25, 0.3) is 0 Å². The smallest absolute Gasteiger partial charge is 0.0760 e. The molecule has 2 heteroatoms. The van der Waals surface area contributed by atoms with Crippen LogP contribution >= 0.6 is 0 Å². The summed E-state index contributed by atoms with van der Waals surface area (Å²) in [7, 11) is 0. The molecule has 1 aromatic carbocycles. The number of fused-ring (bicyclic) bond motifs is 2.